The van der Waals surface area contributed by atoms with Crippen LogP contribution in [0, 0.1) is 0 Å². The molecule has 0 saturated heterocycles. The zero-order valence-electron chi connectivity index (χ0n) is 11.5. The molecule has 18 heavy (non-hydrogen) atoms. The number of carboxylic acid groups (broad SMARTS) is 1. The Morgan fingerprint density at radius 1 is 1.39 bits per heavy atom. The maximum Gasteiger partial charge on any atom is 0.264 e. The zero-order valence-corrected chi connectivity index (χ0v) is 16.4. The lowest BCUT2D eigenvalue weighted by Gasteiger charge is -2.34. The molecule has 7 nitrogen and oxygen atoms in total. The van der Waals surface area contributed by atoms with Gasteiger partial charge in [-0.2, -0.15) is 8.42 Å². The highest BCUT2D eigenvalue weighted by atomic mass is 32.2. The average Bonchev–Trinajstić information content (AvgIpc) is 2.09. The molecule has 110 valence electrons. The third-order valence-electron chi connectivity index (χ3n) is 2.09. The number of rotatable bonds is 6. The molecule has 0 saturated carbocycles. The summed E-state index contributed by atoms with van der Waals surface area (Å²) in [7, 11) is 2.92. The summed E-state index contributed by atoms with van der Waals surface area (Å²) in [6, 6.07) is -0.772. The van der Waals surface area contributed by atoms with Gasteiger partial charge < -0.3 is 18.5 Å². The minimum Gasteiger partial charge on any atom is -0.544 e. The van der Waals surface area contributed by atoms with Crippen molar-refractivity contribution in [3.8, 4) is 0 Å². The molecule has 0 aliphatic carbocycles. The van der Waals surface area contributed by atoms with Crippen LogP contribution in [-0.4, -0.2) is 77.3 Å². The second-order valence-corrected chi connectivity index (χ2v) is 9.63. The predicted molar refractivity (Wildman–Crippen MR) is 73.4 cm³/mol. The molecule has 0 spiro atoms. The first kappa shape index (κ1) is 20.1. The molecule has 1 atom stereocenters. The van der Waals surface area contributed by atoms with E-state index >= 15 is 0 Å². The van der Waals surface area contributed by atoms with Crippen molar-refractivity contribution in [3.63, 3.8) is 0 Å². The van der Waals surface area contributed by atoms with Crippen molar-refractivity contribution in [3.05, 3.63) is 0 Å². The minimum atomic E-state index is -4.01. The van der Waals surface area contributed by atoms with E-state index in [1.165, 1.54) is 0 Å². The van der Waals surface area contributed by atoms with Gasteiger partial charge in [0, 0.05) is 6.42 Å². The number of nitrogens with zero attached hydrogens (tertiary/aromatic N) is 1. The summed E-state index contributed by atoms with van der Waals surface area (Å²) < 4.78 is 34.0. The lowest BCUT2D eigenvalue weighted by molar-refractivity contribution is -0.889. The summed E-state index contributed by atoms with van der Waals surface area (Å²) >= 11 is 0. The fourth-order valence-electron chi connectivity index (χ4n) is 1.28. The number of quaternary nitrogens is 1. The molecule has 0 aliphatic rings. The topological polar surface area (TPSA) is 104 Å². The number of aliphatic carboxylic acids is 1. The molecule has 10 heteroatoms. The molecule has 0 fully saturated rings. The fraction of sp³-hybridized carbons (Fsp3) is 0.875. The van der Waals surface area contributed by atoms with Crippen molar-refractivity contribution in [2.75, 3.05) is 26.9 Å². The van der Waals surface area contributed by atoms with Gasteiger partial charge in [0.2, 0.25) is 0 Å². The Balaban J connectivity index is 0. The predicted octanol–water partition coefficient (Wildman–Crippen LogP) is -3.96. The van der Waals surface area contributed by atoms with Gasteiger partial charge in [0.1, 0.15) is 27.0 Å². The molecule has 0 aliphatic heterocycles. The molecule has 0 bridgehead atoms. The second kappa shape index (κ2) is 8.77. The second-order valence-electron chi connectivity index (χ2n) is 4.79. The van der Waals surface area contributed by atoms with E-state index in [4.69, 9.17) is 4.55 Å². The molecule has 0 rings (SSSR count). The van der Waals surface area contributed by atoms with E-state index in [1.54, 1.807) is 21.1 Å². The highest BCUT2D eigenvalue weighted by molar-refractivity contribution is 7.85. The van der Waals surface area contributed by atoms with Crippen molar-refractivity contribution in [1.82, 2.24) is 0 Å². The molecular formula is C8H23NO6SSi2. The van der Waals surface area contributed by atoms with E-state index < -0.39 is 27.9 Å². The van der Waals surface area contributed by atoms with Crippen LogP contribution < -0.4 is 5.11 Å². The van der Waals surface area contributed by atoms with Crippen LogP contribution in [0.4, 0.5) is 0 Å². The van der Waals surface area contributed by atoms with E-state index in [2.05, 4.69) is 4.12 Å². The van der Waals surface area contributed by atoms with Crippen molar-refractivity contribution < 1.29 is 31.5 Å². The van der Waals surface area contributed by atoms with E-state index in [9.17, 15) is 18.3 Å². The molecule has 0 aromatic rings. The van der Waals surface area contributed by atoms with Gasteiger partial charge in [-0.05, 0) is 6.42 Å². The van der Waals surface area contributed by atoms with Gasteiger partial charge in [-0.15, -0.1) is 0 Å². The quantitative estimate of drug-likeness (QED) is 0.305. The average molecular weight is 318 g/mol. The van der Waals surface area contributed by atoms with E-state index in [0.717, 1.165) is 21.0 Å². The Labute approximate surface area is 115 Å². The van der Waals surface area contributed by atoms with Gasteiger partial charge in [-0.1, -0.05) is 0 Å². The van der Waals surface area contributed by atoms with Crippen molar-refractivity contribution >= 4 is 37.1 Å². The van der Waals surface area contributed by atoms with Crippen LogP contribution in [0.5, 0.6) is 0 Å². The molecule has 0 heterocycles. The van der Waals surface area contributed by atoms with Crippen LogP contribution in [0.2, 0.25) is 0 Å². The molecule has 1 unspecified atom stereocenters. The van der Waals surface area contributed by atoms with Crippen LogP contribution in [0.15, 0.2) is 0 Å². The number of likely N-dealkylation sites (N-methyl/N-ethyl adjacent to an activating group) is 1. The van der Waals surface area contributed by atoms with Crippen LogP contribution >= 0.6 is 0 Å². The van der Waals surface area contributed by atoms with Crippen molar-refractivity contribution in [2.45, 2.75) is 18.9 Å². The Hall–Kier alpha value is -0.266. The number of carboxylic acids is 1. The Morgan fingerprint density at radius 2 is 1.78 bits per heavy atom. The highest BCUT2D eigenvalue weighted by Crippen LogP contribution is 2.10. The van der Waals surface area contributed by atoms with Gasteiger partial charge in [-0.3, -0.25) is 4.55 Å². The summed E-state index contributed by atoms with van der Waals surface area (Å²) in [5.41, 5.74) is 0. The van der Waals surface area contributed by atoms with Crippen LogP contribution in [-0.2, 0) is 19.0 Å². The first-order chi connectivity index (χ1) is 7.95. The normalized spacial score (nSPS) is 13.8. The first-order valence-electron chi connectivity index (χ1n) is 5.33. The SMILES string of the molecule is C[N+](C)(C)C(CCCS(=O)(=O)O)C(=O)[O-].[SiH3]O[SiH3]. The summed E-state index contributed by atoms with van der Waals surface area (Å²) in [6.07, 6.45) is 0.263. The van der Waals surface area contributed by atoms with Crippen LogP contribution in [0.25, 0.3) is 0 Å². The van der Waals surface area contributed by atoms with Crippen LogP contribution in [0.3, 0.4) is 0 Å². The maximum atomic E-state index is 10.8. The van der Waals surface area contributed by atoms with Gasteiger partial charge in [0.05, 0.1) is 32.9 Å². The number of carbonyl (C=O) groups is 1. The smallest absolute Gasteiger partial charge is 0.264 e. The standard InChI is InChI=1S/C8H17NO5S.H6OSi2/c1-9(2,3)7(8(10)11)5-4-6-15(12,13)14;2-1-3/h7H,4-6H2,1-3H3,(H-,10,11,12,13,14);2-3H3. The summed E-state index contributed by atoms with van der Waals surface area (Å²) in [4.78, 5) is 10.8. The van der Waals surface area contributed by atoms with Gasteiger partial charge in [0.25, 0.3) is 10.1 Å². The van der Waals surface area contributed by atoms with Gasteiger partial charge in [-0.25, -0.2) is 0 Å². The molecule has 0 amide bonds. The minimum absolute atomic E-state index is 0.104. The van der Waals surface area contributed by atoms with Crippen molar-refractivity contribution in [1.29, 1.82) is 0 Å². The number of carbonyl (C=O) groups excluding carboxylic acids is 1. The molecule has 1 N–H and O–H groups in total. The third kappa shape index (κ3) is 12.2. The Bertz CT molecular complexity index is 340. The van der Waals surface area contributed by atoms with Gasteiger partial charge in [0.15, 0.2) is 0 Å². The van der Waals surface area contributed by atoms with E-state index in [1.807, 2.05) is 0 Å². The fourth-order valence-corrected chi connectivity index (χ4v) is 1.81. The summed E-state index contributed by atoms with van der Waals surface area (Å²) in [6.45, 7) is 0. The largest absolute Gasteiger partial charge is 0.544 e. The first-order valence-corrected chi connectivity index (χ1v) is 8.57. The van der Waals surface area contributed by atoms with Crippen molar-refractivity contribution in [2.24, 2.45) is 0 Å². The lowest BCUT2D eigenvalue weighted by atomic mass is 10.1. The summed E-state index contributed by atoms with van der Waals surface area (Å²) in [5.74, 6) is -1.63. The number of hydrogen-bond donors (Lipinski definition) is 1. The monoisotopic (exact) mass is 317 g/mol. The Morgan fingerprint density at radius 3 is 2.00 bits per heavy atom. The molecule has 0 radical (unpaired) electrons. The molecule has 0 aromatic carbocycles. The Kier molecular flexibility index (Phi) is 9.77. The van der Waals surface area contributed by atoms with Crippen LogP contribution in [0.1, 0.15) is 12.8 Å². The zero-order chi connectivity index (χ0) is 15.0. The maximum absolute atomic E-state index is 10.8. The van der Waals surface area contributed by atoms with E-state index in [-0.39, 0.29) is 17.3 Å². The lowest BCUT2D eigenvalue weighted by Crippen LogP contribution is -2.54. The summed E-state index contributed by atoms with van der Waals surface area (Å²) in [5, 5.41) is 10.8. The highest BCUT2D eigenvalue weighted by Gasteiger charge is 2.25. The third-order valence-corrected chi connectivity index (χ3v) is 2.89. The molecule has 0 aromatic heterocycles. The van der Waals surface area contributed by atoms with Gasteiger partial charge >= 0.3 is 0 Å². The van der Waals surface area contributed by atoms with E-state index in [0.29, 0.717) is 0 Å². The number of hydrogen-bond acceptors (Lipinski definition) is 5. The molecular weight excluding hydrogens is 294 g/mol.